The van der Waals surface area contributed by atoms with E-state index in [2.05, 4.69) is 10.1 Å². The van der Waals surface area contributed by atoms with Gasteiger partial charge in [0.15, 0.2) is 30.2 Å². The molecule has 5 aromatic carbocycles. The molecule has 2 unspecified atom stereocenters. The van der Waals surface area contributed by atoms with Crippen molar-refractivity contribution in [1.82, 2.24) is 14.2 Å². The fourth-order valence-corrected chi connectivity index (χ4v) is 7.59. The Morgan fingerprint density at radius 1 is 0.576 bits per heavy atom. The Kier molecular flexibility index (Phi) is 12.0. The number of carbonyl (C=O) groups is 4. The molecule has 7 rings (SSSR count). The average Bonchev–Trinajstić information content (AvgIpc) is 3.67. The van der Waals surface area contributed by atoms with Crippen LogP contribution in [0.3, 0.4) is 0 Å². The molecular weight excluding hydrogens is 779 g/mol. The molecule has 0 saturated carbocycles. The third-order valence-corrected chi connectivity index (χ3v) is 11.0. The van der Waals surface area contributed by atoms with Gasteiger partial charge in [-0.1, -0.05) is 90.5 Å². The van der Waals surface area contributed by atoms with E-state index in [0.29, 0.717) is 4.09 Å². The fraction of sp³-hybridized carbons (Fsp3) is 0.182. The van der Waals surface area contributed by atoms with E-state index < -0.39 is 71.0 Å². The Morgan fingerprint density at radius 2 is 1.00 bits per heavy atom. The first kappa shape index (κ1) is 40.2. The molecule has 1 aliphatic heterocycles. The molecule has 0 amide bonds. The van der Waals surface area contributed by atoms with Gasteiger partial charge in [-0.3, -0.25) is 0 Å². The average molecular weight is 816 g/mol. The molecule has 5 atom stereocenters. The van der Waals surface area contributed by atoms with E-state index in [1.807, 2.05) is 6.92 Å². The number of ether oxygens (including phenoxy) is 5. The van der Waals surface area contributed by atoms with Crippen LogP contribution in [0.15, 0.2) is 150 Å². The number of hydrogen-bond acceptors (Lipinski definition) is 13. The molecule has 0 radical (unpaired) electrons. The summed E-state index contributed by atoms with van der Waals surface area (Å²) in [5, 5.41) is 4.36. The lowest BCUT2D eigenvalue weighted by atomic mass is 9.93. The van der Waals surface area contributed by atoms with Crippen LogP contribution in [-0.4, -0.2) is 77.5 Å². The maximum Gasteiger partial charge on any atom is 0.338 e. The lowest BCUT2D eigenvalue weighted by Crippen LogP contribution is -2.60. The monoisotopic (exact) mass is 815 g/mol. The van der Waals surface area contributed by atoms with E-state index in [1.165, 1.54) is 67.6 Å². The Balaban J connectivity index is 1.36. The molecular formula is C44H37N3O11S. The van der Waals surface area contributed by atoms with E-state index >= 15 is 0 Å². The lowest BCUT2D eigenvalue weighted by molar-refractivity contribution is -0.233. The summed E-state index contributed by atoms with van der Waals surface area (Å²) in [6, 6.07) is 38.0. The van der Waals surface area contributed by atoms with Gasteiger partial charge in [0, 0.05) is 0 Å². The van der Waals surface area contributed by atoms with E-state index in [1.54, 1.807) is 84.9 Å². The number of aryl methyl sites for hydroxylation is 2. The van der Waals surface area contributed by atoms with Crippen LogP contribution in [0.2, 0.25) is 0 Å². The van der Waals surface area contributed by atoms with Crippen molar-refractivity contribution in [2.45, 2.75) is 49.3 Å². The Morgan fingerprint density at radius 3 is 1.47 bits per heavy atom. The van der Waals surface area contributed by atoms with Gasteiger partial charge in [-0.2, -0.15) is 8.42 Å². The first-order valence-electron chi connectivity index (χ1n) is 18.4. The minimum Gasteiger partial charge on any atom is -0.459 e. The van der Waals surface area contributed by atoms with Crippen molar-refractivity contribution in [2.75, 3.05) is 6.61 Å². The number of nitrogens with zero attached hydrogens (tertiary/aromatic N) is 3. The summed E-state index contributed by atoms with van der Waals surface area (Å²) in [6.07, 6.45) is -8.04. The van der Waals surface area contributed by atoms with Crippen LogP contribution in [0.5, 0.6) is 0 Å². The summed E-state index contributed by atoms with van der Waals surface area (Å²) < 4.78 is 59.1. The van der Waals surface area contributed by atoms with Gasteiger partial charge in [0.05, 0.1) is 27.1 Å². The topological polar surface area (TPSA) is 179 Å². The zero-order valence-corrected chi connectivity index (χ0v) is 32.5. The van der Waals surface area contributed by atoms with Crippen molar-refractivity contribution in [1.29, 1.82) is 0 Å². The van der Waals surface area contributed by atoms with Crippen LogP contribution >= 0.6 is 0 Å². The molecule has 0 aliphatic carbocycles. The molecule has 0 spiro atoms. The van der Waals surface area contributed by atoms with Crippen molar-refractivity contribution in [3.8, 4) is 0 Å². The highest BCUT2D eigenvalue weighted by atomic mass is 32.2. The standard InChI is InChI=1S/C44H37N3O11S/c1-28-23-25-34(26-24-28)59(52,53)47-29(2)45-40(46-47)39-38(58-44(51)33-21-13-6-14-22-33)37(57-43(50)32-19-11-5-12-20-32)36(56-42(49)31-17-9-4-10-18-31)35(55-39)27-54-41(48)30-15-7-3-8-16-30/h3-26,35-39H,27H2,1-2H3/t35?,36-,37?,38+,39-/m1/s1. The fourth-order valence-electron chi connectivity index (χ4n) is 6.33. The van der Waals surface area contributed by atoms with E-state index in [0.717, 1.165) is 5.56 Å². The number of aromatic nitrogens is 3. The third kappa shape index (κ3) is 9.11. The van der Waals surface area contributed by atoms with E-state index in [-0.39, 0.29) is 38.8 Å². The molecule has 1 saturated heterocycles. The molecule has 59 heavy (non-hydrogen) atoms. The molecule has 300 valence electrons. The van der Waals surface area contributed by atoms with Gasteiger partial charge in [-0.05, 0) is 74.5 Å². The Hall–Kier alpha value is -6.97. The van der Waals surface area contributed by atoms with Crippen molar-refractivity contribution in [2.24, 2.45) is 0 Å². The van der Waals surface area contributed by atoms with Crippen molar-refractivity contribution in [3.63, 3.8) is 0 Å². The maximum absolute atomic E-state index is 13.9. The van der Waals surface area contributed by atoms with Gasteiger partial charge in [-0.15, -0.1) is 9.19 Å². The van der Waals surface area contributed by atoms with Crippen molar-refractivity contribution < 1.29 is 51.3 Å². The van der Waals surface area contributed by atoms with Gasteiger partial charge in [0.1, 0.15) is 18.5 Å². The summed E-state index contributed by atoms with van der Waals surface area (Å²) in [6.45, 7) is 2.63. The lowest BCUT2D eigenvalue weighted by Gasteiger charge is -2.43. The first-order chi connectivity index (χ1) is 28.5. The van der Waals surface area contributed by atoms with Crippen LogP contribution in [0, 0.1) is 13.8 Å². The number of hydrogen-bond donors (Lipinski definition) is 0. The second-order valence-electron chi connectivity index (χ2n) is 13.4. The highest BCUT2D eigenvalue weighted by Crippen LogP contribution is 2.38. The SMILES string of the molecule is Cc1ccc(S(=O)(=O)n2nc([C@@H]3OC(COC(=O)c4ccccc4)[C@@H](OC(=O)c4ccccc4)C(OC(=O)c4ccccc4)[C@@H]3OC(=O)c3ccccc3)nc2C)cc1. The highest BCUT2D eigenvalue weighted by molar-refractivity contribution is 7.89. The summed E-state index contributed by atoms with van der Waals surface area (Å²) in [7, 11) is -4.32. The number of esters is 4. The van der Waals surface area contributed by atoms with Crippen LogP contribution in [0.1, 0.15) is 64.7 Å². The third-order valence-electron chi connectivity index (χ3n) is 9.33. The summed E-state index contributed by atoms with van der Waals surface area (Å²) in [4.78, 5) is 59.3. The Bertz CT molecular complexity index is 2540. The second-order valence-corrected chi connectivity index (χ2v) is 15.2. The normalized spacial score (nSPS) is 18.9. The van der Waals surface area contributed by atoms with Crippen molar-refractivity contribution in [3.05, 3.63) is 185 Å². The largest absolute Gasteiger partial charge is 0.459 e. The van der Waals surface area contributed by atoms with Gasteiger partial charge in [0.2, 0.25) is 0 Å². The van der Waals surface area contributed by atoms with Gasteiger partial charge < -0.3 is 23.7 Å². The van der Waals surface area contributed by atoms with Crippen molar-refractivity contribution >= 4 is 33.9 Å². The van der Waals surface area contributed by atoms with Crippen LogP contribution in [0.25, 0.3) is 0 Å². The van der Waals surface area contributed by atoms with Gasteiger partial charge in [0.25, 0.3) is 10.0 Å². The van der Waals surface area contributed by atoms with Crippen LogP contribution in [-0.2, 0) is 33.7 Å². The molecule has 15 heteroatoms. The quantitative estimate of drug-likeness (QED) is 0.102. The highest BCUT2D eigenvalue weighted by Gasteiger charge is 2.55. The van der Waals surface area contributed by atoms with E-state index in [9.17, 15) is 27.6 Å². The Labute approximate surface area is 339 Å². The predicted molar refractivity (Wildman–Crippen MR) is 210 cm³/mol. The molecule has 1 fully saturated rings. The second kappa shape index (κ2) is 17.7. The number of carbonyl (C=O) groups excluding carboxylic acids is 4. The molecule has 2 heterocycles. The van der Waals surface area contributed by atoms with Gasteiger partial charge in [-0.25, -0.2) is 24.2 Å². The van der Waals surface area contributed by atoms with Crippen LogP contribution in [0.4, 0.5) is 0 Å². The molecule has 0 N–H and O–H groups in total. The predicted octanol–water partition coefficient (Wildman–Crippen LogP) is 6.11. The number of rotatable bonds is 12. The minimum absolute atomic E-state index is 0.0764. The summed E-state index contributed by atoms with van der Waals surface area (Å²) in [5.74, 6) is -3.79. The molecule has 14 nitrogen and oxygen atoms in total. The van der Waals surface area contributed by atoms with Gasteiger partial charge >= 0.3 is 23.9 Å². The summed E-state index contributed by atoms with van der Waals surface area (Å²) in [5.41, 5.74) is 1.37. The molecule has 0 bridgehead atoms. The first-order valence-corrected chi connectivity index (χ1v) is 19.8. The zero-order valence-electron chi connectivity index (χ0n) is 31.7. The maximum atomic E-state index is 13.9. The molecule has 1 aliphatic rings. The smallest absolute Gasteiger partial charge is 0.338 e. The molecule has 1 aromatic heterocycles. The van der Waals surface area contributed by atoms with E-state index in [4.69, 9.17) is 23.7 Å². The number of benzene rings is 5. The minimum atomic E-state index is -4.32. The van der Waals surface area contributed by atoms with Crippen LogP contribution < -0.4 is 0 Å². The zero-order chi connectivity index (χ0) is 41.5. The summed E-state index contributed by atoms with van der Waals surface area (Å²) >= 11 is 0. The molecule has 6 aromatic rings.